The van der Waals surface area contributed by atoms with Crippen molar-refractivity contribution < 1.29 is 4.74 Å². The van der Waals surface area contributed by atoms with Gasteiger partial charge in [-0.1, -0.05) is 0 Å². The van der Waals surface area contributed by atoms with Gasteiger partial charge >= 0.3 is 0 Å². The maximum absolute atomic E-state index is 5.93. The fraction of sp³-hybridized carbons (Fsp3) is 0.417. The van der Waals surface area contributed by atoms with Gasteiger partial charge in [-0.2, -0.15) is 5.10 Å². The van der Waals surface area contributed by atoms with Crippen LogP contribution in [0.2, 0.25) is 0 Å². The Morgan fingerprint density at radius 3 is 2.56 bits per heavy atom. The summed E-state index contributed by atoms with van der Waals surface area (Å²) in [4.78, 5) is 8.37. The molecule has 6 nitrogen and oxygen atoms in total. The van der Waals surface area contributed by atoms with E-state index >= 15 is 0 Å². The average Bonchev–Trinajstić information content (AvgIpc) is 2.60. The highest BCUT2D eigenvalue weighted by molar-refractivity contribution is 5.51. The van der Waals surface area contributed by atoms with Crippen LogP contribution in [0.1, 0.15) is 23.9 Å². The third-order valence-electron chi connectivity index (χ3n) is 2.84. The number of anilines is 1. The van der Waals surface area contributed by atoms with Gasteiger partial charge < -0.3 is 10.5 Å². The first kappa shape index (κ1) is 12.3. The lowest BCUT2D eigenvalue weighted by Crippen LogP contribution is -2.08. The summed E-state index contributed by atoms with van der Waals surface area (Å²) in [6, 6.07) is 0. The van der Waals surface area contributed by atoms with Gasteiger partial charge in [-0.3, -0.25) is 0 Å². The van der Waals surface area contributed by atoms with E-state index in [1.807, 2.05) is 27.7 Å². The lowest BCUT2D eigenvalue weighted by atomic mass is 10.3. The second kappa shape index (κ2) is 4.64. The Balaban J connectivity index is 2.57. The Kier molecular flexibility index (Phi) is 3.18. The zero-order valence-corrected chi connectivity index (χ0v) is 11.1. The molecular weight excluding hydrogens is 230 g/mol. The lowest BCUT2D eigenvalue weighted by molar-refractivity contribution is 0.323. The molecule has 0 fully saturated rings. The fourth-order valence-electron chi connectivity index (χ4n) is 1.78. The number of rotatable bonds is 3. The summed E-state index contributed by atoms with van der Waals surface area (Å²) in [6.45, 7) is 8.18. The van der Waals surface area contributed by atoms with Crippen molar-refractivity contribution >= 4 is 5.69 Å². The van der Waals surface area contributed by atoms with Crippen molar-refractivity contribution in [2.45, 2.75) is 27.7 Å². The van der Waals surface area contributed by atoms with Crippen LogP contribution in [0.4, 0.5) is 5.69 Å². The predicted octanol–water partition coefficient (Wildman–Crippen LogP) is 1.57. The van der Waals surface area contributed by atoms with E-state index in [1.165, 1.54) is 6.33 Å². The van der Waals surface area contributed by atoms with Crippen molar-refractivity contribution in [2.75, 3.05) is 12.3 Å². The molecule has 2 aromatic heterocycles. The number of hydrogen-bond donors (Lipinski definition) is 1. The van der Waals surface area contributed by atoms with Gasteiger partial charge in [0, 0.05) is 0 Å². The van der Waals surface area contributed by atoms with Gasteiger partial charge in [0.15, 0.2) is 5.82 Å². The third-order valence-corrected chi connectivity index (χ3v) is 2.84. The van der Waals surface area contributed by atoms with Crippen LogP contribution in [0.25, 0.3) is 5.82 Å². The smallest absolute Gasteiger partial charge is 0.221 e. The highest BCUT2D eigenvalue weighted by atomic mass is 16.5. The van der Waals surface area contributed by atoms with E-state index in [4.69, 9.17) is 10.5 Å². The number of nitrogens with two attached hydrogens (primary N) is 1. The number of aryl methyl sites for hydroxylation is 1. The molecule has 2 N–H and O–H groups in total. The number of nitrogens with zero attached hydrogens (tertiary/aromatic N) is 4. The van der Waals surface area contributed by atoms with Gasteiger partial charge in [0.1, 0.15) is 6.33 Å². The van der Waals surface area contributed by atoms with Crippen LogP contribution in [0.5, 0.6) is 5.88 Å². The molecule has 0 saturated carbocycles. The quantitative estimate of drug-likeness (QED) is 0.890. The van der Waals surface area contributed by atoms with Gasteiger partial charge in [0.2, 0.25) is 5.88 Å². The molecule has 0 amide bonds. The summed E-state index contributed by atoms with van der Waals surface area (Å²) >= 11 is 0. The Morgan fingerprint density at radius 2 is 2.00 bits per heavy atom. The molecular formula is C12H17N5O. The summed E-state index contributed by atoms with van der Waals surface area (Å²) < 4.78 is 7.18. The van der Waals surface area contributed by atoms with Gasteiger partial charge in [-0.25, -0.2) is 14.6 Å². The van der Waals surface area contributed by atoms with Crippen molar-refractivity contribution in [3.63, 3.8) is 0 Å². The van der Waals surface area contributed by atoms with Crippen molar-refractivity contribution in [1.82, 2.24) is 19.7 Å². The minimum Gasteiger partial charge on any atom is -0.478 e. The van der Waals surface area contributed by atoms with Crippen molar-refractivity contribution in [3.8, 4) is 11.7 Å². The first-order chi connectivity index (χ1) is 8.56. The molecule has 0 unspecified atom stereocenters. The maximum atomic E-state index is 5.93. The van der Waals surface area contributed by atoms with Gasteiger partial charge in [0.25, 0.3) is 0 Å². The first-order valence-electron chi connectivity index (χ1n) is 5.82. The van der Waals surface area contributed by atoms with E-state index in [-0.39, 0.29) is 0 Å². The molecule has 0 bridgehead atoms. The van der Waals surface area contributed by atoms with Gasteiger partial charge in [0.05, 0.1) is 29.2 Å². The van der Waals surface area contributed by atoms with Crippen LogP contribution in [0, 0.1) is 20.8 Å². The van der Waals surface area contributed by atoms with E-state index in [1.54, 1.807) is 4.68 Å². The summed E-state index contributed by atoms with van der Waals surface area (Å²) in [5, 5.41) is 4.39. The van der Waals surface area contributed by atoms with Gasteiger partial charge in [-0.05, 0) is 27.7 Å². The summed E-state index contributed by atoms with van der Waals surface area (Å²) in [5.41, 5.74) is 9.13. The largest absolute Gasteiger partial charge is 0.478 e. The monoisotopic (exact) mass is 247 g/mol. The molecule has 0 aliphatic rings. The highest BCUT2D eigenvalue weighted by Crippen LogP contribution is 2.23. The molecule has 6 heteroatoms. The molecule has 0 atom stereocenters. The molecule has 2 rings (SSSR count). The summed E-state index contributed by atoms with van der Waals surface area (Å²) in [5.74, 6) is 1.28. The number of hydrogen-bond acceptors (Lipinski definition) is 5. The molecule has 96 valence electrons. The Morgan fingerprint density at radius 1 is 1.28 bits per heavy atom. The standard InChI is InChI=1S/C12H17N5O/c1-5-18-12-7(2)11(14-6-15-12)17-9(4)10(13)8(3)16-17/h6H,5,13H2,1-4H3. The van der Waals surface area contributed by atoms with E-state index in [2.05, 4.69) is 15.1 Å². The molecule has 0 saturated heterocycles. The van der Waals surface area contributed by atoms with Crippen molar-refractivity contribution in [1.29, 1.82) is 0 Å². The second-order valence-corrected chi connectivity index (χ2v) is 4.06. The minimum atomic E-state index is 0.566. The van der Waals surface area contributed by atoms with E-state index < -0.39 is 0 Å². The highest BCUT2D eigenvalue weighted by Gasteiger charge is 2.15. The zero-order chi connectivity index (χ0) is 13.3. The van der Waals surface area contributed by atoms with Gasteiger partial charge in [-0.15, -0.1) is 0 Å². The zero-order valence-electron chi connectivity index (χ0n) is 11.1. The summed E-state index contributed by atoms with van der Waals surface area (Å²) in [7, 11) is 0. The topological polar surface area (TPSA) is 78.9 Å². The van der Waals surface area contributed by atoms with Crippen LogP contribution in [0.3, 0.4) is 0 Å². The van der Waals surface area contributed by atoms with E-state index in [0.717, 1.165) is 17.0 Å². The van der Waals surface area contributed by atoms with Crippen LogP contribution in [-0.4, -0.2) is 26.4 Å². The summed E-state index contributed by atoms with van der Waals surface area (Å²) in [6.07, 6.45) is 1.47. The number of ether oxygens (including phenoxy) is 1. The Bertz CT molecular complexity index is 576. The number of nitrogen functional groups attached to an aromatic ring is 1. The Hall–Kier alpha value is -2.11. The maximum Gasteiger partial charge on any atom is 0.221 e. The van der Waals surface area contributed by atoms with Crippen LogP contribution < -0.4 is 10.5 Å². The molecule has 2 aromatic rings. The fourth-order valence-corrected chi connectivity index (χ4v) is 1.78. The molecule has 0 aromatic carbocycles. The molecule has 0 aliphatic carbocycles. The van der Waals surface area contributed by atoms with Crippen molar-refractivity contribution in [3.05, 3.63) is 23.3 Å². The predicted molar refractivity (Wildman–Crippen MR) is 68.9 cm³/mol. The second-order valence-electron chi connectivity index (χ2n) is 4.06. The minimum absolute atomic E-state index is 0.566. The van der Waals surface area contributed by atoms with Crippen LogP contribution >= 0.6 is 0 Å². The SMILES string of the molecule is CCOc1ncnc(-n2nc(C)c(N)c2C)c1C. The molecule has 2 heterocycles. The molecule has 0 spiro atoms. The molecule has 0 aliphatic heterocycles. The van der Waals surface area contributed by atoms with E-state index in [9.17, 15) is 0 Å². The Labute approximate surface area is 106 Å². The van der Waals surface area contributed by atoms with Crippen LogP contribution in [-0.2, 0) is 0 Å². The van der Waals surface area contributed by atoms with E-state index in [0.29, 0.717) is 24.0 Å². The van der Waals surface area contributed by atoms with Crippen molar-refractivity contribution in [2.24, 2.45) is 0 Å². The normalized spacial score (nSPS) is 10.7. The molecule has 0 radical (unpaired) electrons. The molecule has 18 heavy (non-hydrogen) atoms. The lowest BCUT2D eigenvalue weighted by Gasteiger charge is -2.10. The number of aromatic nitrogens is 4. The third kappa shape index (κ3) is 1.90. The van der Waals surface area contributed by atoms with Crippen LogP contribution in [0.15, 0.2) is 6.33 Å². The first-order valence-corrected chi connectivity index (χ1v) is 5.82. The average molecular weight is 247 g/mol.